The van der Waals surface area contributed by atoms with Crippen LogP contribution in [0.25, 0.3) is 21.9 Å². The maximum atomic E-state index is 14.3. The van der Waals surface area contributed by atoms with Crippen LogP contribution < -0.4 is 20.7 Å². The Labute approximate surface area is 344 Å². The minimum absolute atomic E-state index is 0.0413. The molecule has 310 valence electrons. The number of hydrogen-bond acceptors (Lipinski definition) is 11. The van der Waals surface area contributed by atoms with E-state index in [0.29, 0.717) is 24.0 Å². The number of nitrogens with two attached hydrogens (primary N) is 1. The molecule has 58 heavy (non-hydrogen) atoms. The van der Waals surface area contributed by atoms with Crippen LogP contribution in [0.1, 0.15) is 64.5 Å². The summed E-state index contributed by atoms with van der Waals surface area (Å²) >= 11 is 6.36. The van der Waals surface area contributed by atoms with E-state index in [4.69, 9.17) is 31.1 Å². The fourth-order valence-corrected chi connectivity index (χ4v) is 7.73. The van der Waals surface area contributed by atoms with Gasteiger partial charge in [0.15, 0.2) is 23.2 Å². The monoisotopic (exact) mass is 833 g/mol. The van der Waals surface area contributed by atoms with Gasteiger partial charge in [-0.3, -0.25) is 13.9 Å². The van der Waals surface area contributed by atoms with Crippen molar-refractivity contribution in [3.05, 3.63) is 115 Å². The quantitative estimate of drug-likeness (QED) is 0.0212. The Morgan fingerprint density at radius 2 is 1.60 bits per heavy atom. The van der Waals surface area contributed by atoms with E-state index in [0.717, 1.165) is 43.9 Å². The molecule has 1 saturated heterocycles. The van der Waals surface area contributed by atoms with Crippen molar-refractivity contribution >= 4 is 53.0 Å². The highest BCUT2D eigenvalue weighted by Crippen LogP contribution is 2.47. The highest BCUT2D eigenvalue weighted by molar-refractivity contribution is 7.52. The third-order valence-corrected chi connectivity index (χ3v) is 10.9. The summed E-state index contributed by atoms with van der Waals surface area (Å²) in [6.07, 6.45) is 23.9. The number of anilines is 1. The molecule has 5 atom stereocenters. The fourth-order valence-electron chi connectivity index (χ4n) is 6.12. The number of nitrogens with zero attached hydrogens (tertiary/aromatic N) is 4. The van der Waals surface area contributed by atoms with Crippen molar-refractivity contribution in [1.29, 1.82) is 0 Å². The first-order valence-electron chi connectivity index (χ1n) is 19.5. The molecule has 4 aromatic rings. The van der Waals surface area contributed by atoms with Gasteiger partial charge < -0.3 is 30.5 Å². The van der Waals surface area contributed by atoms with Gasteiger partial charge in [-0.25, -0.2) is 24.6 Å². The fraction of sp³-hybridized carbons (Fsp3) is 0.381. The van der Waals surface area contributed by atoms with Gasteiger partial charge in [0.1, 0.15) is 30.4 Å². The van der Waals surface area contributed by atoms with Gasteiger partial charge in [-0.1, -0.05) is 104 Å². The number of rotatable bonds is 23. The maximum absolute atomic E-state index is 14.3. The summed E-state index contributed by atoms with van der Waals surface area (Å²) in [5.74, 6) is 0.238. The standard InChI is InChI=1S/C42H53ClN7O7P/c1-2-3-4-5-6-7-8-9-10-11-12-13-14-15-16-17-18-26-35(51)45-27-28-48-58(54,57-33-25-21-23-31-22-19-20-24-32(31)33)55-29-34-37(52)38(53)41(56-34)50-40-36(49-42(50)43)39(44)46-30-47-40/h3-4,6-7,9-10,12-13,15-16,19-25,30,34,37-38,41,52-53H,2,5,8,11,14,17-18,26-29H2,1H3,(H,45,51)(H,48,54)(H2,44,46,47). The number of allylic oxidation sites excluding steroid dienone is 10. The van der Waals surface area contributed by atoms with Crippen molar-refractivity contribution in [3.8, 4) is 5.75 Å². The van der Waals surface area contributed by atoms with Crippen molar-refractivity contribution in [3.63, 3.8) is 0 Å². The predicted molar refractivity (Wildman–Crippen MR) is 228 cm³/mol. The number of aliphatic hydroxyl groups is 2. The molecule has 5 rings (SSSR count). The normalized spacial score (nSPS) is 19.9. The molecule has 2 aromatic heterocycles. The second-order valence-corrected chi connectivity index (χ2v) is 15.5. The summed E-state index contributed by atoms with van der Waals surface area (Å²) < 4.78 is 33.4. The zero-order valence-corrected chi connectivity index (χ0v) is 34.3. The summed E-state index contributed by atoms with van der Waals surface area (Å²) in [6, 6.07) is 12.8. The molecule has 0 radical (unpaired) electrons. The molecule has 16 heteroatoms. The first kappa shape index (κ1) is 44.4. The van der Waals surface area contributed by atoms with Gasteiger partial charge in [-0.05, 0) is 68.0 Å². The maximum Gasteiger partial charge on any atom is 0.458 e. The van der Waals surface area contributed by atoms with E-state index in [1.54, 1.807) is 12.1 Å². The smallest absolute Gasteiger partial charge is 0.413 e. The highest BCUT2D eigenvalue weighted by atomic mass is 35.5. The van der Waals surface area contributed by atoms with Gasteiger partial charge in [0.25, 0.3) is 0 Å². The third kappa shape index (κ3) is 12.9. The summed E-state index contributed by atoms with van der Waals surface area (Å²) in [4.78, 5) is 24.8. The molecule has 3 heterocycles. The van der Waals surface area contributed by atoms with Crippen LogP contribution in [0.15, 0.2) is 110 Å². The van der Waals surface area contributed by atoms with Crippen LogP contribution in [0.4, 0.5) is 5.82 Å². The summed E-state index contributed by atoms with van der Waals surface area (Å²) in [5.41, 5.74) is 6.31. The topological polar surface area (TPSA) is 196 Å². The van der Waals surface area contributed by atoms with Gasteiger partial charge in [0.05, 0.1) is 6.61 Å². The Hall–Kier alpha value is -4.66. The number of benzene rings is 2. The molecule has 0 bridgehead atoms. The van der Waals surface area contributed by atoms with Crippen LogP contribution >= 0.6 is 19.3 Å². The number of fused-ring (bicyclic) bond motifs is 2. The second-order valence-electron chi connectivity index (χ2n) is 13.4. The second kappa shape index (κ2) is 23.1. The molecule has 6 N–H and O–H groups in total. The average Bonchev–Trinajstić information content (AvgIpc) is 3.70. The lowest BCUT2D eigenvalue weighted by molar-refractivity contribution is -0.121. The summed E-state index contributed by atoms with van der Waals surface area (Å²) in [6.45, 7) is 1.87. The number of aliphatic hydroxyl groups excluding tert-OH is 2. The van der Waals surface area contributed by atoms with Gasteiger partial charge in [-0.2, -0.15) is 0 Å². The van der Waals surface area contributed by atoms with Crippen molar-refractivity contribution in [2.45, 2.75) is 82.8 Å². The number of halogens is 1. The largest absolute Gasteiger partial charge is 0.458 e. The van der Waals surface area contributed by atoms with E-state index in [1.807, 2.05) is 30.3 Å². The number of aromatic nitrogens is 4. The van der Waals surface area contributed by atoms with E-state index < -0.39 is 38.9 Å². The van der Waals surface area contributed by atoms with E-state index in [2.05, 4.69) is 93.0 Å². The number of unbranched alkanes of at least 4 members (excludes halogenated alkanes) is 1. The minimum Gasteiger partial charge on any atom is -0.413 e. The van der Waals surface area contributed by atoms with Crippen LogP contribution in [0.5, 0.6) is 5.75 Å². The number of ether oxygens (including phenoxy) is 1. The molecule has 1 aliphatic rings. The molecule has 0 spiro atoms. The lowest BCUT2D eigenvalue weighted by Crippen LogP contribution is -2.35. The molecule has 0 aliphatic carbocycles. The number of amides is 1. The van der Waals surface area contributed by atoms with Crippen molar-refractivity contribution < 1.29 is 33.4 Å². The number of imidazole rings is 1. The number of nitrogen functional groups attached to an aromatic ring is 1. The van der Waals surface area contributed by atoms with E-state index in [-0.39, 0.29) is 41.3 Å². The third-order valence-electron chi connectivity index (χ3n) is 9.12. The molecule has 1 aliphatic heterocycles. The zero-order valence-electron chi connectivity index (χ0n) is 32.6. The molecule has 2 aromatic carbocycles. The van der Waals surface area contributed by atoms with Crippen LogP contribution in [0.2, 0.25) is 5.28 Å². The SMILES string of the molecule is CCC=CCC=CCC=CCC=CCC=CCCCC(=O)NCCNP(=O)(OCC1OC(n2c(Cl)nc3c(N)ncnc32)C(O)C1O)Oc1cccc2ccccc12. The highest BCUT2D eigenvalue weighted by Gasteiger charge is 2.46. The Bertz CT molecular complexity index is 2130. The molecule has 0 saturated carbocycles. The van der Waals surface area contributed by atoms with E-state index in [1.165, 1.54) is 10.9 Å². The first-order valence-corrected chi connectivity index (χ1v) is 21.5. The summed E-state index contributed by atoms with van der Waals surface area (Å²) in [7, 11) is -4.17. The van der Waals surface area contributed by atoms with Gasteiger partial charge in [0.2, 0.25) is 11.2 Å². The number of hydrogen-bond donors (Lipinski definition) is 5. The lowest BCUT2D eigenvalue weighted by atomic mass is 10.1. The van der Waals surface area contributed by atoms with Crippen molar-refractivity contribution in [2.24, 2.45) is 0 Å². The van der Waals surface area contributed by atoms with Crippen LogP contribution in [-0.4, -0.2) is 73.6 Å². The number of carbonyl (C=O) groups is 1. The number of nitrogens with one attached hydrogen (secondary N) is 2. The molecule has 5 unspecified atom stereocenters. The summed E-state index contributed by atoms with van der Waals surface area (Å²) in [5, 5.41) is 29.1. The Morgan fingerprint density at radius 1 is 0.931 bits per heavy atom. The van der Waals surface area contributed by atoms with Crippen molar-refractivity contribution in [2.75, 3.05) is 25.4 Å². The molecular weight excluding hydrogens is 781 g/mol. The van der Waals surface area contributed by atoms with Gasteiger partial charge in [-0.15, -0.1) is 0 Å². The first-order chi connectivity index (χ1) is 28.2. The molecule has 14 nitrogen and oxygen atoms in total. The van der Waals surface area contributed by atoms with E-state index in [9.17, 15) is 19.6 Å². The zero-order chi connectivity index (χ0) is 41.2. The predicted octanol–water partition coefficient (Wildman–Crippen LogP) is 7.67. The average molecular weight is 834 g/mol. The van der Waals surface area contributed by atoms with E-state index >= 15 is 0 Å². The number of carbonyl (C=O) groups excluding carboxylic acids is 1. The minimum atomic E-state index is -4.17. The van der Waals surface area contributed by atoms with Crippen molar-refractivity contribution in [1.82, 2.24) is 29.9 Å². The Morgan fingerprint density at radius 3 is 2.33 bits per heavy atom. The molecule has 1 fully saturated rings. The van der Waals surface area contributed by atoms with Crippen LogP contribution in [-0.2, 0) is 18.6 Å². The van der Waals surface area contributed by atoms with Crippen LogP contribution in [0.3, 0.4) is 0 Å². The lowest BCUT2D eigenvalue weighted by Gasteiger charge is -2.23. The Kier molecular flexibility index (Phi) is 17.7. The van der Waals surface area contributed by atoms with Gasteiger partial charge >= 0.3 is 7.75 Å². The molecule has 1 amide bonds. The van der Waals surface area contributed by atoms with Crippen LogP contribution in [0, 0.1) is 0 Å². The Balaban J connectivity index is 1.08. The van der Waals surface area contributed by atoms with Gasteiger partial charge in [0, 0.05) is 24.9 Å². The molecular formula is C42H53ClN7O7P.